The largest absolute Gasteiger partial charge is 0.324 e. The normalized spacial score (nSPS) is 11.9. The van der Waals surface area contributed by atoms with Crippen LogP contribution < -0.4 is 16.2 Å². The molecule has 2 N–H and O–H groups in total. The van der Waals surface area contributed by atoms with Gasteiger partial charge in [-0.05, 0) is 69.9 Å². The van der Waals surface area contributed by atoms with Gasteiger partial charge in [-0.25, -0.2) is 4.98 Å². The molecular formula is C27H28N4O3S. The Morgan fingerprint density at radius 1 is 0.971 bits per heavy atom. The molecule has 8 heteroatoms. The lowest BCUT2D eigenvalue weighted by Crippen LogP contribution is -2.32. The number of nitrogens with one attached hydrogen (secondary N) is 2. The molecule has 4 rings (SSSR count). The first-order valence-electron chi connectivity index (χ1n) is 11.3. The molecule has 2 aromatic heterocycles. The predicted molar refractivity (Wildman–Crippen MR) is 142 cm³/mol. The summed E-state index contributed by atoms with van der Waals surface area (Å²) in [5, 5.41) is 6.23. The number of fused-ring (bicyclic) bond motifs is 1. The molecule has 1 unspecified atom stereocenters. The molecule has 2 heterocycles. The van der Waals surface area contributed by atoms with Gasteiger partial charge in [-0.3, -0.25) is 19.0 Å². The monoisotopic (exact) mass is 488 g/mol. The molecule has 0 aliphatic carbocycles. The number of carbonyl (C=O) groups is 2. The van der Waals surface area contributed by atoms with Crippen LogP contribution in [0.1, 0.15) is 50.5 Å². The summed E-state index contributed by atoms with van der Waals surface area (Å²) in [5.74, 6) is -0.601. The van der Waals surface area contributed by atoms with Crippen LogP contribution in [0.2, 0.25) is 0 Å². The summed E-state index contributed by atoms with van der Waals surface area (Å²) in [6, 6.07) is 10.7. The number of carbonyl (C=O) groups excluding carboxylic acids is 2. The average molecular weight is 489 g/mol. The zero-order valence-electron chi connectivity index (χ0n) is 20.6. The number of para-hydroxylation sites is 1. The van der Waals surface area contributed by atoms with Crippen LogP contribution in [0.4, 0.5) is 11.4 Å². The zero-order valence-corrected chi connectivity index (χ0v) is 21.5. The molecule has 4 aromatic rings. The van der Waals surface area contributed by atoms with Crippen LogP contribution in [0.5, 0.6) is 0 Å². The maximum Gasteiger partial charge on any atom is 0.266 e. The topological polar surface area (TPSA) is 93.1 Å². The molecule has 0 spiro atoms. The van der Waals surface area contributed by atoms with E-state index in [1.54, 1.807) is 13.8 Å². The fourth-order valence-corrected chi connectivity index (χ4v) is 5.29. The third-order valence-electron chi connectivity index (χ3n) is 6.20. The Balaban J connectivity index is 1.65. The number of hydrogen-bond acceptors (Lipinski definition) is 5. The highest BCUT2D eigenvalue weighted by Crippen LogP contribution is 2.29. The highest BCUT2D eigenvalue weighted by molar-refractivity contribution is 7.20. The summed E-state index contributed by atoms with van der Waals surface area (Å²) in [6.45, 7) is 11.2. The fraction of sp³-hybridized carbons (Fsp3) is 0.259. The second kappa shape index (κ2) is 9.46. The van der Waals surface area contributed by atoms with Gasteiger partial charge in [-0.2, -0.15) is 0 Å². The van der Waals surface area contributed by atoms with Crippen LogP contribution in [0, 0.1) is 34.6 Å². The van der Waals surface area contributed by atoms with Crippen molar-refractivity contribution < 1.29 is 9.59 Å². The van der Waals surface area contributed by atoms with Crippen molar-refractivity contribution in [2.75, 3.05) is 10.6 Å². The standard InChI is InChI=1S/C27H28N4O3S/c1-14-11-16(3)22(17(4)12-14)30-24(32)19(6)31-13-28-26-21(27(31)34)18(5)23(35-26)25(33)29-20-10-8-7-9-15(20)2/h7-13,19H,1-6H3,(H,29,33)(H,30,32). The Morgan fingerprint density at radius 2 is 1.63 bits per heavy atom. The minimum Gasteiger partial charge on any atom is -0.324 e. The summed E-state index contributed by atoms with van der Waals surface area (Å²) in [5.41, 5.74) is 5.65. The maximum absolute atomic E-state index is 13.4. The molecule has 0 saturated heterocycles. The Kier molecular flexibility index (Phi) is 6.58. The molecule has 35 heavy (non-hydrogen) atoms. The second-order valence-corrected chi connectivity index (χ2v) is 9.90. The number of thiophene rings is 1. The third-order valence-corrected chi connectivity index (χ3v) is 7.40. The molecule has 0 radical (unpaired) electrons. The lowest BCUT2D eigenvalue weighted by atomic mass is 10.0. The van der Waals surface area contributed by atoms with E-state index in [1.165, 1.54) is 22.2 Å². The van der Waals surface area contributed by atoms with Crippen LogP contribution in [0.15, 0.2) is 47.5 Å². The molecule has 0 saturated carbocycles. The molecule has 7 nitrogen and oxygen atoms in total. The van der Waals surface area contributed by atoms with E-state index >= 15 is 0 Å². The van der Waals surface area contributed by atoms with E-state index in [0.29, 0.717) is 26.3 Å². The van der Waals surface area contributed by atoms with E-state index in [0.717, 1.165) is 27.9 Å². The van der Waals surface area contributed by atoms with Crippen molar-refractivity contribution in [2.45, 2.75) is 47.6 Å². The van der Waals surface area contributed by atoms with E-state index in [4.69, 9.17) is 0 Å². The summed E-state index contributed by atoms with van der Waals surface area (Å²) in [7, 11) is 0. The molecule has 0 aliphatic rings. The summed E-state index contributed by atoms with van der Waals surface area (Å²) in [6.07, 6.45) is 1.38. The van der Waals surface area contributed by atoms with Gasteiger partial charge >= 0.3 is 0 Å². The first kappa shape index (κ1) is 24.3. The third kappa shape index (κ3) is 4.61. The van der Waals surface area contributed by atoms with Gasteiger partial charge in [0.2, 0.25) is 5.91 Å². The number of aromatic nitrogens is 2. The van der Waals surface area contributed by atoms with E-state index in [9.17, 15) is 14.4 Å². The number of anilines is 2. The van der Waals surface area contributed by atoms with Crippen molar-refractivity contribution >= 4 is 44.7 Å². The SMILES string of the molecule is Cc1cc(C)c(NC(=O)C(C)n2cnc3sc(C(=O)Nc4ccccc4C)c(C)c3c2=O)c(C)c1. The van der Waals surface area contributed by atoms with Gasteiger partial charge in [0.1, 0.15) is 10.9 Å². The second-order valence-electron chi connectivity index (χ2n) is 8.90. The van der Waals surface area contributed by atoms with Gasteiger partial charge < -0.3 is 10.6 Å². The fourth-order valence-electron chi connectivity index (χ4n) is 4.25. The number of hydrogen-bond donors (Lipinski definition) is 2. The van der Waals surface area contributed by atoms with Gasteiger partial charge in [-0.15, -0.1) is 11.3 Å². The van der Waals surface area contributed by atoms with E-state index in [-0.39, 0.29) is 17.4 Å². The number of nitrogens with zero attached hydrogens (tertiary/aromatic N) is 2. The summed E-state index contributed by atoms with van der Waals surface area (Å²) in [4.78, 5) is 44.7. The molecule has 1 atom stereocenters. The number of benzene rings is 2. The van der Waals surface area contributed by atoms with Crippen LogP contribution in [0.25, 0.3) is 10.2 Å². The first-order valence-corrected chi connectivity index (χ1v) is 12.2. The minimum atomic E-state index is -0.789. The van der Waals surface area contributed by atoms with Crippen molar-refractivity contribution in [2.24, 2.45) is 0 Å². The smallest absolute Gasteiger partial charge is 0.266 e. The predicted octanol–water partition coefficient (Wildman–Crippen LogP) is 5.45. The minimum absolute atomic E-state index is 0.290. The van der Waals surface area contributed by atoms with Gasteiger partial charge in [0.05, 0.1) is 16.6 Å². The lowest BCUT2D eigenvalue weighted by Gasteiger charge is -2.18. The van der Waals surface area contributed by atoms with Crippen LogP contribution in [0.3, 0.4) is 0 Å². The van der Waals surface area contributed by atoms with Crippen molar-refractivity contribution in [3.05, 3.63) is 85.8 Å². The lowest BCUT2D eigenvalue weighted by molar-refractivity contribution is -0.118. The van der Waals surface area contributed by atoms with Crippen LogP contribution >= 0.6 is 11.3 Å². The Morgan fingerprint density at radius 3 is 2.29 bits per heavy atom. The van der Waals surface area contributed by atoms with Crippen LogP contribution in [-0.4, -0.2) is 21.4 Å². The zero-order chi connectivity index (χ0) is 25.4. The molecular weight excluding hydrogens is 460 g/mol. The maximum atomic E-state index is 13.4. The van der Waals surface area contributed by atoms with E-state index < -0.39 is 6.04 Å². The highest BCUT2D eigenvalue weighted by Gasteiger charge is 2.24. The van der Waals surface area contributed by atoms with Gasteiger partial charge in [0.15, 0.2) is 0 Å². The van der Waals surface area contributed by atoms with Crippen molar-refractivity contribution in [1.82, 2.24) is 9.55 Å². The van der Waals surface area contributed by atoms with Gasteiger partial charge in [-0.1, -0.05) is 35.9 Å². The van der Waals surface area contributed by atoms with Gasteiger partial charge in [0, 0.05) is 11.4 Å². The Hall–Kier alpha value is -3.78. The summed E-state index contributed by atoms with van der Waals surface area (Å²) < 4.78 is 1.32. The van der Waals surface area contributed by atoms with Crippen molar-refractivity contribution in [3.63, 3.8) is 0 Å². The van der Waals surface area contributed by atoms with Gasteiger partial charge in [0.25, 0.3) is 11.5 Å². The molecule has 0 bridgehead atoms. The van der Waals surface area contributed by atoms with Crippen molar-refractivity contribution in [1.29, 1.82) is 0 Å². The first-order chi connectivity index (χ1) is 16.6. The number of rotatable bonds is 5. The Bertz CT molecular complexity index is 1510. The quantitative estimate of drug-likeness (QED) is 0.391. The van der Waals surface area contributed by atoms with E-state index in [2.05, 4.69) is 15.6 Å². The van der Waals surface area contributed by atoms with Crippen molar-refractivity contribution in [3.8, 4) is 0 Å². The van der Waals surface area contributed by atoms with Crippen LogP contribution in [-0.2, 0) is 4.79 Å². The highest BCUT2D eigenvalue weighted by atomic mass is 32.1. The Labute approximate surface area is 207 Å². The summed E-state index contributed by atoms with van der Waals surface area (Å²) >= 11 is 1.17. The number of amides is 2. The molecule has 2 amide bonds. The molecule has 0 fully saturated rings. The van der Waals surface area contributed by atoms with E-state index in [1.807, 2.05) is 64.1 Å². The molecule has 0 aliphatic heterocycles. The number of aryl methyl sites for hydroxylation is 5. The average Bonchev–Trinajstić information content (AvgIpc) is 3.14. The molecule has 180 valence electrons. The molecule has 2 aromatic carbocycles.